The molecule has 0 fully saturated rings. The second kappa shape index (κ2) is 9.80. The summed E-state index contributed by atoms with van der Waals surface area (Å²) in [7, 11) is -2.44. The van der Waals surface area contributed by atoms with Crippen molar-refractivity contribution in [3.8, 4) is 0 Å². The molecule has 156 valence electrons. The van der Waals surface area contributed by atoms with Crippen molar-refractivity contribution in [2.24, 2.45) is 0 Å². The molecule has 0 radical (unpaired) electrons. The molecule has 0 saturated carbocycles. The number of amides is 1. The van der Waals surface area contributed by atoms with E-state index in [4.69, 9.17) is 11.6 Å². The zero-order chi connectivity index (χ0) is 21.6. The fourth-order valence-corrected chi connectivity index (χ4v) is 4.06. The minimum atomic E-state index is -3.83. The lowest BCUT2D eigenvalue weighted by atomic mass is 10.2. The minimum absolute atomic E-state index is 0.0788. The molecule has 0 aliphatic heterocycles. The molecule has 0 spiro atoms. The lowest BCUT2D eigenvalue weighted by Crippen LogP contribution is -2.40. The molecule has 3 rings (SSSR count). The van der Waals surface area contributed by atoms with Gasteiger partial charge in [0, 0.05) is 49.9 Å². The molecule has 7 nitrogen and oxygen atoms in total. The van der Waals surface area contributed by atoms with Gasteiger partial charge < -0.3 is 4.90 Å². The van der Waals surface area contributed by atoms with Crippen LogP contribution >= 0.6 is 11.6 Å². The predicted octanol–water partition coefficient (Wildman–Crippen LogP) is 2.98. The van der Waals surface area contributed by atoms with Crippen molar-refractivity contribution in [3.63, 3.8) is 0 Å². The fourth-order valence-electron chi connectivity index (χ4n) is 2.81. The summed E-state index contributed by atoms with van der Waals surface area (Å²) < 4.78 is 26.7. The van der Waals surface area contributed by atoms with Crippen LogP contribution in [0.5, 0.6) is 0 Å². The van der Waals surface area contributed by atoms with E-state index in [1.807, 2.05) is 18.2 Å². The molecule has 1 amide bonds. The number of carbonyl (C=O) groups excluding carboxylic acids is 1. The first kappa shape index (κ1) is 21.9. The van der Waals surface area contributed by atoms with Crippen LogP contribution in [0.4, 0.5) is 0 Å². The number of rotatable bonds is 8. The summed E-state index contributed by atoms with van der Waals surface area (Å²) in [6, 6.07) is 13.1. The normalized spacial score (nSPS) is 11.4. The first-order chi connectivity index (χ1) is 14.4. The van der Waals surface area contributed by atoms with E-state index in [9.17, 15) is 13.2 Å². The van der Waals surface area contributed by atoms with E-state index in [0.717, 1.165) is 15.4 Å². The van der Waals surface area contributed by atoms with Crippen LogP contribution < -0.4 is 0 Å². The van der Waals surface area contributed by atoms with Gasteiger partial charge in [-0.05, 0) is 53.6 Å². The Labute approximate surface area is 181 Å². The quantitative estimate of drug-likeness (QED) is 0.533. The summed E-state index contributed by atoms with van der Waals surface area (Å²) in [5, 5.41) is 0.438. The highest BCUT2D eigenvalue weighted by Crippen LogP contribution is 2.18. The number of halogens is 1. The van der Waals surface area contributed by atoms with Gasteiger partial charge in [0.05, 0.1) is 11.4 Å². The van der Waals surface area contributed by atoms with E-state index >= 15 is 0 Å². The van der Waals surface area contributed by atoms with E-state index in [0.29, 0.717) is 18.1 Å². The number of carbonyl (C=O) groups is 1. The highest BCUT2D eigenvalue weighted by Gasteiger charge is 2.25. The van der Waals surface area contributed by atoms with Gasteiger partial charge in [-0.2, -0.15) is 4.31 Å². The summed E-state index contributed by atoms with van der Waals surface area (Å²) in [5.74, 6) is -0.323. The monoisotopic (exact) mass is 444 g/mol. The summed E-state index contributed by atoms with van der Waals surface area (Å²) in [4.78, 5) is 22.8. The zero-order valence-corrected chi connectivity index (χ0v) is 17.9. The van der Waals surface area contributed by atoms with Crippen LogP contribution in [0.15, 0.2) is 78.2 Å². The number of nitrogens with zero attached hydrogens (tertiary/aromatic N) is 4. The Balaban J connectivity index is 1.78. The van der Waals surface area contributed by atoms with Crippen LogP contribution in [-0.4, -0.2) is 47.1 Å². The van der Waals surface area contributed by atoms with E-state index in [2.05, 4.69) is 9.97 Å². The molecule has 0 N–H and O–H groups in total. The highest BCUT2D eigenvalue weighted by molar-refractivity contribution is 7.89. The van der Waals surface area contributed by atoms with Crippen LogP contribution in [0, 0.1) is 0 Å². The number of hydrogen-bond donors (Lipinski definition) is 0. The van der Waals surface area contributed by atoms with Crippen molar-refractivity contribution < 1.29 is 13.2 Å². The Bertz CT molecular complexity index is 1040. The van der Waals surface area contributed by atoms with Gasteiger partial charge in [-0.3, -0.25) is 14.8 Å². The van der Waals surface area contributed by atoms with E-state index in [1.165, 1.54) is 31.3 Å². The van der Waals surface area contributed by atoms with E-state index < -0.39 is 10.0 Å². The third-order valence-electron chi connectivity index (χ3n) is 4.45. The van der Waals surface area contributed by atoms with Gasteiger partial charge >= 0.3 is 0 Å². The Morgan fingerprint density at radius 1 is 0.933 bits per heavy atom. The van der Waals surface area contributed by atoms with Crippen molar-refractivity contribution in [1.29, 1.82) is 0 Å². The smallest absolute Gasteiger partial charge is 0.243 e. The minimum Gasteiger partial charge on any atom is -0.333 e. The van der Waals surface area contributed by atoms with E-state index in [-0.39, 0.29) is 17.3 Å². The molecule has 0 saturated heterocycles. The van der Waals surface area contributed by atoms with Crippen LogP contribution in [-0.2, 0) is 27.9 Å². The van der Waals surface area contributed by atoms with Gasteiger partial charge in [0.2, 0.25) is 15.9 Å². The molecule has 2 aromatic heterocycles. The van der Waals surface area contributed by atoms with Crippen LogP contribution in [0.1, 0.15) is 11.1 Å². The Morgan fingerprint density at radius 2 is 1.60 bits per heavy atom. The second-order valence-electron chi connectivity index (χ2n) is 6.68. The molecule has 1 aromatic carbocycles. The summed E-state index contributed by atoms with van der Waals surface area (Å²) in [5.41, 5.74) is 1.74. The number of likely N-dealkylation sites (N-methyl/N-ethyl adjacent to an activating group) is 1. The van der Waals surface area contributed by atoms with Gasteiger partial charge in [-0.25, -0.2) is 8.42 Å². The molecule has 0 bridgehead atoms. The SMILES string of the molecule is CN(CC(=O)N(Cc1ccncc1)Cc1cccnc1)S(=O)(=O)c1ccc(Cl)cc1. The molecule has 0 aliphatic carbocycles. The largest absolute Gasteiger partial charge is 0.333 e. The number of sulfonamides is 1. The maximum atomic E-state index is 13.1. The van der Waals surface area contributed by atoms with Crippen molar-refractivity contribution in [1.82, 2.24) is 19.2 Å². The zero-order valence-electron chi connectivity index (χ0n) is 16.3. The third kappa shape index (κ3) is 5.63. The Kier molecular flexibility index (Phi) is 7.15. The maximum Gasteiger partial charge on any atom is 0.243 e. The maximum absolute atomic E-state index is 13.1. The molecule has 0 unspecified atom stereocenters. The highest BCUT2D eigenvalue weighted by atomic mass is 35.5. The van der Waals surface area contributed by atoms with E-state index in [1.54, 1.807) is 35.8 Å². The average molecular weight is 445 g/mol. The van der Waals surface area contributed by atoms with Crippen molar-refractivity contribution in [2.45, 2.75) is 18.0 Å². The van der Waals surface area contributed by atoms with Crippen LogP contribution in [0.2, 0.25) is 5.02 Å². The van der Waals surface area contributed by atoms with Crippen molar-refractivity contribution >= 4 is 27.5 Å². The van der Waals surface area contributed by atoms with Crippen molar-refractivity contribution in [3.05, 3.63) is 89.5 Å². The number of pyridine rings is 2. The topological polar surface area (TPSA) is 83.5 Å². The van der Waals surface area contributed by atoms with Gasteiger partial charge in [0.25, 0.3) is 0 Å². The fraction of sp³-hybridized carbons (Fsp3) is 0.190. The molecular formula is C21H21ClN4O3S. The molecule has 30 heavy (non-hydrogen) atoms. The molecule has 0 atom stereocenters. The summed E-state index contributed by atoms with van der Waals surface area (Å²) in [6.07, 6.45) is 6.64. The molecular weight excluding hydrogens is 424 g/mol. The number of benzene rings is 1. The number of aromatic nitrogens is 2. The first-order valence-electron chi connectivity index (χ1n) is 9.14. The summed E-state index contributed by atoms with van der Waals surface area (Å²) in [6.45, 7) is 0.339. The lowest BCUT2D eigenvalue weighted by molar-refractivity contribution is -0.132. The van der Waals surface area contributed by atoms with Gasteiger partial charge in [0.1, 0.15) is 0 Å². The first-order valence-corrected chi connectivity index (χ1v) is 11.0. The predicted molar refractivity (Wildman–Crippen MR) is 114 cm³/mol. The molecule has 3 aromatic rings. The molecule has 9 heteroatoms. The van der Waals surface area contributed by atoms with Crippen LogP contribution in [0.25, 0.3) is 0 Å². The number of hydrogen-bond acceptors (Lipinski definition) is 5. The summed E-state index contributed by atoms with van der Waals surface area (Å²) >= 11 is 5.84. The third-order valence-corrected chi connectivity index (χ3v) is 6.52. The molecule has 0 aliphatic rings. The van der Waals surface area contributed by atoms with Crippen LogP contribution in [0.3, 0.4) is 0 Å². The van der Waals surface area contributed by atoms with Gasteiger partial charge in [0.15, 0.2) is 0 Å². The Morgan fingerprint density at radius 3 is 2.23 bits per heavy atom. The van der Waals surface area contributed by atoms with Gasteiger partial charge in [-0.1, -0.05) is 17.7 Å². The van der Waals surface area contributed by atoms with Gasteiger partial charge in [-0.15, -0.1) is 0 Å². The lowest BCUT2D eigenvalue weighted by Gasteiger charge is -2.25. The van der Waals surface area contributed by atoms with Crippen molar-refractivity contribution in [2.75, 3.05) is 13.6 Å². The average Bonchev–Trinajstić information content (AvgIpc) is 2.75. The molecule has 2 heterocycles. The standard InChI is InChI=1S/C21H21ClN4O3S/c1-25(30(28,29)20-6-4-19(22)5-7-20)16-21(27)26(14-17-8-11-23-12-9-17)15-18-3-2-10-24-13-18/h2-13H,14-16H2,1H3. The second-order valence-corrected chi connectivity index (χ2v) is 9.16. The Hall–Kier alpha value is -2.81.